The van der Waals surface area contributed by atoms with Gasteiger partial charge >= 0.3 is 12.1 Å². The Morgan fingerprint density at radius 2 is 1.38 bits per heavy atom. The Hall–Kier alpha value is -0.563. The summed E-state index contributed by atoms with van der Waals surface area (Å²) in [5.74, 6) is -1.77. The molecule has 7 heteroatoms. The summed E-state index contributed by atoms with van der Waals surface area (Å²) in [6.45, 7) is 0. The van der Waals surface area contributed by atoms with Crippen LogP contribution < -0.4 is 0 Å². The van der Waals surface area contributed by atoms with Crippen molar-refractivity contribution in [3.05, 3.63) is 0 Å². The first kappa shape index (κ1) is 14.9. The van der Waals surface area contributed by atoms with Gasteiger partial charge in [0.25, 0.3) is 0 Å². The number of rotatable bonds is 0. The second-order valence-electron chi connectivity index (χ2n) is 3.04. The van der Waals surface area contributed by atoms with E-state index in [1.165, 1.54) is 0 Å². The van der Waals surface area contributed by atoms with Crippen LogP contribution in [-0.2, 0) is 4.79 Å². The maximum absolute atomic E-state index is 11.3. The molecule has 1 amide bonds. The van der Waals surface area contributed by atoms with Crippen LogP contribution in [0, 0.1) is 0 Å². The molecule has 0 rings (SSSR count). The van der Waals surface area contributed by atoms with Crippen molar-refractivity contribution in [3.63, 3.8) is 0 Å². The van der Waals surface area contributed by atoms with Gasteiger partial charge in [0.1, 0.15) is 10.4 Å². The number of hydrogen-bond acceptors (Lipinski definition) is 2. The predicted molar refractivity (Wildman–Crippen MR) is 48.4 cm³/mol. The summed E-state index contributed by atoms with van der Waals surface area (Å²) in [7, 11) is 7.21. The molecule has 0 aromatic carbocycles. The highest BCUT2D eigenvalue weighted by Gasteiger charge is 2.39. The summed E-state index contributed by atoms with van der Waals surface area (Å²) in [6, 6.07) is 0. The van der Waals surface area contributed by atoms with E-state index < -0.39 is 12.1 Å². The third-order valence-electron chi connectivity index (χ3n) is 0.649. The third kappa shape index (κ3) is 11.4. The van der Waals surface area contributed by atoms with Crippen LogP contribution in [0.1, 0.15) is 0 Å². The molecule has 0 saturated heterocycles. The smallest absolute Gasteiger partial charge is 0.373 e. The molecule has 13 heavy (non-hydrogen) atoms. The Morgan fingerprint density at radius 1 is 1.15 bits per heavy atom. The van der Waals surface area contributed by atoms with Crippen molar-refractivity contribution in [1.82, 2.24) is 9.47 Å². The van der Waals surface area contributed by atoms with Crippen LogP contribution in [-0.4, -0.2) is 60.1 Å². The second kappa shape index (κ2) is 5.98. The fraction of sp³-hybridized carbons (Fsp3) is 0.833. The second-order valence-corrected chi connectivity index (χ2v) is 4.38. The van der Waals surface area contributed by atoms with E-state index in [4.69, 9.17) is 0 Å². The minimum absolute atomic E-state index is 0.0974. The number of alkyl halides is 3. The highest BCUT2D eigenvalue weighted by Crippen LogP contribution is 2.15. The van der Waals surface area contributed by atoms with Crippen molar-refractivity contribution in [2.75, 3.05) is 28.2 Å². The zero-order valence-electron chi connectivity index (χ0n) is 8.44. The van der Waals surface area contributed by atoms with Gasteiger partial charge in [-0.15, -0.1) is 0 Å². The van der Waals surface area contributed by atoms with E-state index in [1.807, 2.05) is 26.0 Å². The monoisotopic (exact) mass is 216 g/mol. The lowest BCUT2D eigenvalue weighted by Crippen LogP contribution is -2.36. The summed E-state index contributed by atoms with van der Waals surface area (Å²) in [6.07, 6.45) is -4.70. The molecular weight excluding hydrogens is 201 g/mol. The Balaban J connectivity index is 0. The normalized spacial score (nSPS) is 10.8. The average molecular weight is 216 g/mol. The lowest BCUT2D eigenvalue weighted by Gasteiger charge is -2.12. The van der Waals surface area contributed by atoms with Gasteiger partial charge in [0.15, 0.2) is 0 Å². The summed E-state index contributed by atoms with van der Waals surface area (Å²) >= 11 is 0. The van der Waals surface area contributed by atoms with Crippen LogP contribution in [0.25, 0.3) is 0 Å². The molecule has 0 aromatic heterocycles. The molecule has 0 atom stereocenters. The first-order valence-electron chi connectivity index (χ1n) is 3.48. The molecule has 0 radical (unpaired) electrons. The number of nitrogens with zero attached hydrogens (tertiary/aromatic N) is 2. The first-order valence-corrected chi connectivity index (χ1v) is 4.38. The number of carbonyl (C=O) groups excluding carboxylic acids is 1. The Kier molecular flexibility index (Phi) is 6.87. The van der Waals surface area contributed by atoms with Gasteiger partial charge in [-0.3, -0.25) is 4.79 Å². The van der Waals surface area contributed by atoms with Crippen LogP contribution in [0.5, 0.6) is 0 Å². The average Bonchev–Trinajstić information content (AvgIpc) is 1.82. The quantitative estimate of drug-likeness (QED) is 0.508. The van der Waals surface area contributed by atoms with Gasteiger partial charge in [0, 0.05) is 0 Å². The lowest BCUT2D eigenvalue weighted by atomic mass is 10.6. The van der Waals surface area contributed by atoms with Crippen molar-refractivity contribution in [3.8, 4) is 0 Å². The third-order valence-corrected chi connectivity index (χ3v) is 1.05. The highest BCUT2D eigenvalue weighted by atomic mass is 28.2. The molecular formula is C6H15F3N2OSi. The van der Waals surface area contributed by atoms with E-state index in [9.17, 15) is 18.0 Å². The molecule has 3 nitrogen and oxygen atoms in total. The molecule has 0 aliphatic carbocycles. The van der Waals surface area contributed by atoms with Crippen molar-refractivity contribution < 1.29 is 18.0 Å². The van der Waals surface area contributed by atoms with Crippen molar-refractivity contribution >= 4 is 16.3 Å². The molecule has 0 bridgehead atoms. The maximum Gasteiger partial charge on any atom is 0.470 e. The number of halogens is 3. The Bertz CT molecular complexity index is 156. The van der Waals surface area contributed by atoms with Gasteiger partial charge in [-0.25, -0.2) is 0 Å². The van der Waals surface area contributed by atoms with Crippen LogP contribution >= 0.6 is 0 Å². The number of hydrogen-bond donors (Lipinski definition) is 0. The lowest BCUT2D eigenvalue weighted by molar-refractivity contribution is -0.179. The standard InChI is InChI=1S/C3H6F3NOSi.C3H9N/c1-7(9)2(8)3(4,5)6;1-4(2)3/h1,9H3;1-3H3. The zero-order valence-corrected chi connectivity index (χ0v) is 10.4. The van der Waals surface area contributed by atoms with E-state index in [2.05, 4.69) is 0 Å². The van der Waals surface area contributed by atoms with E-state index in [-0.39, 0.29) is 10.4 Å². The van der Waals surface area contributed by atoms with E-state index in [0.717, 1.165) is 7.05 Å². The Morgan fingerprint density at radius 3 is 1.38 bits per heavy atom. The Labute approximate surface area is 79.0 Å². The van der Waals surface area contributed by atoms with E-state index in [0.29, 0.717) is 4.57 Å². The van der Waals surface area contributed by atoms with Crippen LogP contribution in [0.2, 0.25) is 0 Å². The predicted octanol–water partition coefficient (Wildman–Crippen LogP) is -0.535. The summed E-state index contributed by atoms with van der Waals surface area (Å²) in [4.78, 5) is 12.0. The molecule has 0 aliphatic heterocycles. The molecule has 0 fully saturated rings. The molecule has 0 heterocycles. The number of amides is 1. The molecule has 80 valence electrons. The molecule has 0 aliphatic rings. The fourth-order valence-corrected chi connectivity index (χ4v) is 0.507. The SMILES string of the molecule is CN(C)C.CN([SiH3])C(=O)C(F)(F)F. The van der Waals surface area contributed by atoms with Crippen LogP contribution in [0.15, 0.2) is 0 Å². The zero-order chi connectivity index (χ0) is 11.2. The van der Waals surface area contributed by atoms with Crippen molar-refractivity contribution in [2.24, 2.45) is 0 Å². The molecule has 0 spiro atoms. The minimum atomic E-state index is -4.70. The van der Waals surface area contributed by atoms with Gasteiger partial charge in [-0.2, -0.15) is 13.2 Å². The molecule has 0 N–H and O–H groups in total. The van der Waals surface area contributed by atoms with E-state index >= 15 is 0 Å². The number of carbonyl (C=O) groups is 1. The summed E-state index contributed by atoms with van der Waals surface area (Å²) in [5, 5.41) is 0. The van der Waals surface area contributed by atoms with Crippen molar-refractivity contribution in [1.29, 1.82) is 0 Å². The van der Waals surface area contributed by atoms with Crippen LogP contribution in [0.4, 0.5) is 13.2 Å². The largest absolute Gasteiger partial charge is 0.470 e. The molecule has 0 saturated carbocycles. The summed E-state index contributed by atoms with van der Waals surface area (Å²) < 4.78 is 34.6. The topological polar surface area (TPSA) is 23.6 Å². The van der Waals surface area contributed by atoms with E-state index in [1.54, 1.807) is 0 Å². The van der Waals surface area contributed by atoms with Gasteiger partial charge in [0.05, 0.1) is 0 Å². The summed E-state index contributed by atoms with van der Waals surface area (Å²) in [5.41, 5.74) is 0. The first-order chi connectivity index (χ1) is 5.59. The van der Waals surface area contributed by atoms with Gasteiger partial charge in [-0.1, -0.05) is 0 Å². The highest BCUT2D eigenvalue weighted by molar-refractivity contribution is 6.14. The maximum atomic E-state index is 11.3. The molecule has 0 unspecified atom stereocenters. The molecule has 0 aromatic rings. The minimum Gasteiger partial charge on any atom is -0.373 e. The van der Waals surface area contributed by atoms with Crippen molar-refractivity contribution in [2.45, 2.75) is 6.18 Å². The van der Waals surface area contributed by atoms with Gasteiger partial charge < -0.3 is 9.47 Å². The van der Waals surface area contributed by atoms with Crippen LogP contribution in [0.3, 0.4) is 0 Å². The fourth-order valence-electron chi connectivity index (χ4n) is 0.254. The van der Waals surface area contributed by atoms with Gasteiger partial charge in [0.2, 0.25) is 0 Å². The van der Waals surface area contributed by atoms with Gasteiger partial charge in [-0.05, 0) is 28.2 Å².